The molecule has 3 N–H and O–H groups in total. The summed E-state index contributed by atoms with van der Waals surface area (Å²) < 4.78 is 0. The molecule has 2 fully saturated rings. The van der Waals surface area contributed by atoms with Gasteiger partial charge in [-0.1, -0.05) is 0 Å². The molecular formula is C12H14N6S. The summed E-state index contributed by atoms with van der Waals surface area (Å²) in [5.74, 6) is 6.17. The van der Waals surface area contributed by atoms with Crippen LogP contribution in [-0.4, -0.2) is 41.2 Å². The number of nitriles is 1. The average molecular weight is 274 g/mol. The normalized spacial score (nSPS) is 19.4. The van der Waals surface area contributed by atoms with Gasteiger partial charge in [0.25, 0.3) is 0 Å². The number of thiocarbonyl (C=S) groups is 1. The highest BCUT2D eigenvalue weighted by Crippen LogP contribution is 2.41. The van der Waals surface area contributed by atoms with Crippen LogP contribution >= 0.6 is 12.2 Å². The van der Waals surface area contributed by atoms with Gasteiger partial charge in [0.2, 0.25) is 0 Å². The minimum absolute atomic E-state index is 0.311. The van der Waals surface area contributed by atoms with E-state index in [2.05, 4.69) is 26.3 Å². The number of nitrogens with zero attached hydrogens (tertiary/aromatic N) is 4. The Morgan fingerprint density at radius 3 is 2.84 bits per heavy atom. The van der Waals surface area contributed by atoms with Crippen molar-refractivity contribution in [3.63, 3.8) is 0 Å². The van der Waals surface area contributed by atoms with E-state index < -0.39 is 0 Å². The van der Waals surface area contributed by atoms with Gasteiger partial charge in [-0.3, -0.25) is 0 Å². The number of anilines is 1. The number of aromatic nitrogens is 1. The van der Waals surface area contributed by atoms with E-state index in [1.807, 2.05) is 6.07 Å². The summed E-state index contributed by atoms with van der Waals surface area (Å²) >= 11 is 5.09. The van der Waals surface area contributed by atoms with Crippen LogP contribution in [0, 0.1) is 16.7 Å². The lowest BCUT2D eigenvalue weighted by molar-refractivity contribution is 0.0283. The number of likely N-dealkylation sites (tertiary alicyclic amines) is 1. The van der Waals surface area contributed by atoms with Crippen molar-refractivity contribution in [3.05, 3.63) is 23.9 Å². The van der Waals surface area contributed by atoms with E-state index in [0.29, 0.717) is 16.1 Å². The third-order valence-electron chi connectivity index (χ3n) is 3.71. The largest absolute Gasteiger partial charge is 0.355 e. The molecule has 0 radical (unpaired) electrons. The predicted octanol–water partition coefficient (Wildman–Crippen LogP) is -0.177. The second-order valence-corrected chi connectivity index (χ2v) is 5.56. The molecular weight excluding hydrogens is 260 g/mol. The Kier molecular flexibility index (Phi) is 2.77. The van der Waals surface area contributed by atoms with E-state index in [0.717, 1.165) is 32.0 Å². The fourth-order valence-electron chi connectivity index (χ4n) is 2.78. The molecule has 7 heteroatoms. The highest BCUT2D eigenvalue weighted by Gasteiger charge is 2.52. The summed E-state index contributed by atoms with van der Waals surface area (Å²) in [6, 6.07) is 5.68. The van der Waals surface area contributed by atoms with Crippen molar-refractivity contribution in [3.8, 4) is 6.07 Å². The van der Waals surface area contributed by atoms with Gasteiger partial charge in [-0.2, -0.15) is 5.26 Å². The zero-order valence-electron chi connectivity index (χ0n) is 10.3. The summed E-state index contributed by atoms with van der Waals surface area (Å²) in [5, 5.41) is 9.49. The SMILES string of the molecule is N#Cc1ccnc(N2CC3(CN(C(=S)NN)C3)C2)c1. The lowest BCUT2D eigenvalue weighted by atomic mass is 9.73. The maximum Gasteiger partial charge on any atom is 0.183 e. The molecule has 1 aromatic heterocycles. The Hall–Kier alpha value is -1.91. The lowest BCUT2D eigenvalue weighted by Crippen LogP contribution is -2.74. The fourth-order valence-corrected chi connectivity index (χ4v) is 2.91. The van der Waals surface area contributed by atoms with E-state index in [1.54, 1.807) is 12.3 Å². The van der Waals surface area contributed by atoms with Gasteiger partial charge in [0.1, 0.15) is 5.82 Å². The molecule has 2 aliphatic rings. The van der Waals surface area contributed by atoms with Crippen LogP contribution in [0.1, 0.15) is 5.56 Å². The summed E-state index contributed by atoms with van der Waals surface area (Å²) in [6.45, 7) is 3.78. The van der Waals surface area contributed by atoms with Gasteiger partial charge in [0.15, 0.2) is 5.11 Å². The van der Waals surface area contributed by atoms with Crippen molar-refractivity contribution in [2.24, 2.45) is 11.3 Å². The van der Waals surface area contributed by atoms with Crippen LogP contribution in [0.4, 0.5) is 5.82 Å². The molecule has 2 saturated heterocycles. The van der Waals surface area contributed by atoms with Crippen LogP contribution in [0.5, 0.6) is 0 Å². The fraction of sp³-hybridized carbons (Fsp3) is 0.417. The number of nitrogens with one attached hydrogen (secondary N) is 1. The highest BCUT2D eigenvalue weighted by atomic mass is 32.1. The van der Waals surface area contributed by atoms with E-state index in [9.17, 15) is 0 Å². The Morgan fingerprint density at radius 2 is 2.21 bits per heavy atom. The van der Waals surface area contributed by atoms with Crippen molar-refractivity contribution in [2.75, 3.05) is 31.1 Å². The molecule has 6 nitrogen and oxygen atoms in total. The maximum atomic E-state index is 8.88. The number of hydrazine groups is 1. The van der Waals surface area contributed by atoms with Crippen LogP contribution in [0.3, 0.4) is 0 Å². The van der Waals surface area contributed by atoms with E-state index >= 15 is 0 Å². The second-order valence-electron chi connectivity index (χ2n) is 5.18. The van der Waals surface area contributed by atoms with Gasteiger partial charge < -0.3 is 15.2 Å². The predicted molar refractivity (Wildman–Crippen MR) is 75.1 cm³/mol. The molecule has 0 atom stereocenters. The zero-order valence-corrected chi connectivity index (χ0v) is 11.2. The average Bonchev–Trinajstić information content (AvgIpc) is 2.35. The van der Waals surface area contributed by atoms with Gasteiger partial charge in [-0.05, 0) is 24.4 Å². The van der Waals surface area contributed by atoms with E-state index in [1.165, 1.54) is 0 Å². The molecule has 0 amide bonds. The van der Waals surface area contributed by atoms with E-state index in [4.69, 9.17) is 23.3 Å². The summed E-state index contributed by atoms with van der Waals surface area (Å²) in [7, 11) is 0. The van der Waals surface area contributed by atoms with Crippen molar-refractivity contribution in [2.45, 2.75) is 0 Å². The van der Waals surface area contributed by atoms with Crippen molar-refractivity contribution in [1.29, 1.82) is 5.26 Å². The number of pyridine rings is 1. The Labute approximate surface area is 116 Å². The second kappa shape index (κ2) is 4.33. The summed E-state index contributed by atoms with van der Waals surface area (Å²) in [6.07, 6.45) is 1.68. The van der Waals surface area contributed by atoms with Gasteiger partial charge in [0.05, 0.1) is 11.6 Å². The minimum atomic E-state index is 0.311. The lowest BCUT2D eigenvalue weighted by Gasteiger charge is -2.60. The Morgan fingerprint density at radius 1 is 1.47 bits per heavy atom. The van der Waals surface area contributed by atoms with Crippen molar-refractivity contribution < 1.29 is 0 Å². The first kappa shape index (κ1) is 12.1. The zero-order chi connectivity index (χ0) is 13.5. The quantitative estimate of drug-likeness (QED) is 0.418. The monoisotopic (exact) mass is 274 g/mol. The Balaban J connectivity index is 1.59. The van der Waals surface area contributed by atoms with Crippen LogP contribution in [-0.2, 0) is 0 Å². The first-order chi connectivity index (χ1) is 9.15. The number of hydrogen-bond acceptors (Lipinski definition) is 5. The number of rotatable bonds is 1. The standard InChI is InChI=1S/C12H14N6S/c13-4-9-1-2-15-10(3-9)17-5-12(6-17)7-18(8-12)11(19)16-14/h1-3H,5-8,14H2,(H,16,19). The molecule has 98 valence electrons. The van der Waals surface area contributed by atoms with Gasteiger partial charge in [-0.15, -0.1) is 0 Å². The first-order valence-electron chi connectivity index (χ1n) is 6.02. The third-order valence-corrected chi connectivity index (χ3v) is 4.09. The molecule has 3 heterocycles. The minimum Gasteiger partial charge on any atom is -0.355 e. The maximum absolute atomic E-state index is 8.88. The molecule has 1 spiro atoms. The van der Waals surface area contributed by atoms with E-state index in [-0.39, 0.29) is 0 Å². The summed E-state index contributed by atoms with van der Waals surface area (Å²) in [4.78, 5) is 8.56. The smallest absolute Gasteiger partial charge is 0.183 e. The first-order valence-corrected chi connectivity index (χ1v) is 6.43. The molecule has 2 aliphatic heterocycles. The Bertz CT molecular complexity index is 552. The number of hydrogen-bond donors (Lipinski definition) is 2. The highest BCUT2D eigenvalue weighted by molar-refractivity contribution is 7.80. The molecule has 1 aromatic rings. The molecule has 0 aromatic carbocycles. The van der Waals surface area contributed by atoms with Crippen LogP contribution in [0.25, 0.3) is 0 Å². The van der Waals surface area contributed by atoms with Crippen LogP contribution in [0.2, 0.25) is 0 Å². The third kappa shape index (κ3) is 1.99. The van der Waals surface area contributed by atoms with Crippen LogP contribution < -0.4 is 16.2 Å². The van der Waals surface area contributed by atoms with Gasteiger partial charge >= 0.3 is 0 Å². The molecule has 0 saturated carbocycles. The van der Waals surface area contributed by atoms with Crippen molar-refractivity contribution >= 4 is 23.1 Å². The molecule has 0 aliphatic carbocycles. The molecule has 0 bridgehead atoms. The molecule has 19 heavy (non-hydrogen) atoms. The van der Waals surface area contributed by atoms with Gasteiger partial charge in [0, 0.05) is 37.8 Å². The summed E-state index contributed by atoms with van der Waals surface area (Å²) in [5.41, 5.74) is 3.46. The molecule has 0 unspecified atom stereocenters. The van der Waals surface area contributed by atoms with Gasteiger partial charge in [-0.25, -0.2) is 10.8 Å². The molecule has 3 rings (SSSR count). The van der Waals surface area contributed by atoms with Crippen LogP contribution in [0.15, 0.2) is 18.3 Å². The van der Waals surface area contributed by atoms with Crippen molar-refractivity contribution in [1.82, 2.24) is 15.3 Å². The topological polar surface area (TPSA) is 81.2 Å². The number of nitrogens with two attached hydrogens (primary N) is 1.